The lowest BCUT2D eigenvalue weighted by Gasteiger charge is -2.49. The van der Waals surface area contributed by atoms with Crippen LogP contribution in [0, 0.1) is 11.8 Å². The molecular weight excluding hydrogens is 324 g/mol. The van der Waals surface area contributed by atoms with Gasteiger partial charge < -0.3 is 18.9 Å². The minimum atomic E-state index is -1.37. The van der Waals surface area contributed by atoms with E-state index in [1.54, 1.807) is 6.08 Å². The molecule has 3 aliphatic carbocycles. The molecular formula is C19H22O6. The van der Waals surface area contributed by atoms with Gasteiger partial charge in [0.05, 0.1) is 25.7 Å². The van der Waals surface area contributed by atoms with Gasteiger partial charge in [0, 0.05) is 25.7 Å². The summed E-state index contributed by atoms with van der Waals surface area (Å²) < 4.78 is 21.7. The maximum absolute atomic E-state index is 13.0. The number of carbonyl (C=O) groups is 2. The maximum Gasteiger partial charge on any atom is 0.334 e. The minimum absolute atomic E-state index is 0.297. The molecule has 134 valence electrons. The number of esters is 1. The molecule has 0 radical (unpaired) electrons. The number of fused-ring (bicyclic) bond motifs is 2. The molecule has 0 saturated heterocycles. The van der Waals surface area contributed by atoms with Gasteiger partial charge in [-0.25, -0.2) is 4.79 Å². The van der Waals surface area contributed by atoms with E-state index in [-0.39, 0.29) is 5.78 Å². The summed E-state index contributed by atoms with van der Waals surface area (Å²) in [5.41, 5.74) is 1.33. The second kappa shape index (κ2) is 7.07. The lowest BCUT2D eigenvalue weighted by molar-refractivity contribution is -0.247. The summed E-state index contributed by atoms with van der Waals surface area (Å²) >= 11 is 0. The first-order valence-electron chi connectivity index (χ1n) is 8.17. The fourth-order valence-electron chi connectivity index (χ4n) is 3.79. The summed E-state index contributed by atoms with van der Waals surface area (Å²) in [7, 11) is 4.18. The minimum Gasteiger partial charge on any atom is -0.466 e. The van der Waals surface area contributed by atoms with Crippen LogP contribution in [-0.2, 0) is 35.1 Å². The monoisotopic (exact) mass is 346 g/mol. The molecule has 2 bridgehead atoms. The van der Waals surface area contributed by atoms with Crippen LogP contribution in [0.2, 0.25) is 0 Å². The van der Waals surface area contributed by atoms with Crippen LogP contribution in [-0.4, -0.2) is 45.0 Å². The summed E-state index contributed by atoms with van der Waals surface area (Å²) in [6.07, 6.45) is 1.84. The van der Waals surface area contributed by atoms with Gasteiger partial charge in [-0.2, -0.15) is 0 Å². The van der Waals surface area contributed by atoms with Crippen molar-refractivity contribution < 1.29 is 28.5 Å². The number of carbonyl (C=O) groups excluding carboxylic acids is 2. The maximum atomic E-state index is 13.0. The molecule has 3 atom stereocenters. The Balaban J connectivity index is 1.87. The molecule has 1 fully saturated rings. The summed E-state index contributed by atoms with van der Waals surface area (Å²) in [5, 5.41) is 0. The van der Waals surface area contributed by atoms with E-state index in [1.807, 2.05) is 30.3 Å². The molecule has 4 rings (SSSR count). The zero-order valence-electron chi connectivity index (χ0n) is 14.6. The van der Waals surface area contributed by atoms with E-state index in [0.29, 0.717) is 18.6 Å². The van der Waals surface area contributed by atoms with E-state index in [0.717, 1.165) is 5.56 Å². The fraction of sp³-hybridized carbons (Fsp3) is 0.474. The second-order valence-electron chi connectivity index (χ2n) is 6.21. The summed E-state index contributed by atoms with van der Waals surface area (Å²) in [5.74, 6) is -3.35. The third-order valence-corrected chi connectivity index (χ3v) is 5.02. The van der Waals surface area contributed by atoms with Crippen molar-refractivity contribution in [2.75, 3.05) is 21.3 Å². The van der Waals surface area contributed by atoms with Gasteiger partial charge in [0.15, 0.2) is 0 Å². The quantitative estimate of drug-likeness (QED) is 0.579. The van der Waals surface area contributed by atoms with Crippen LogP contribution in [0.15, 0.2) is 42.0 Å². The van der Waals surface area contributed by atoms with Crippen LogP contribution < -0.4 is 0 Å². The van der Waals surface area contributed by atoms with Crippen LogP contribution in [0.3, 0.4) is 0 Å². The highest BCUT2D eigenvalue weighted by Crippen LogP contribution is 2.47. The summed E-state index contributed by atoms with van der Waals surface area (Å²) in [6.45, 7) is 0.365. The van der Waals surface area contributed by atoms with Gasteiger partial charge in [-0.3, -0.25) is 4.79 Å². The van der Waals surface area contributed by atoms with Crippen LogP contribution in [0.4, 0.5) is 0 Å². The van der Waals surface area contributed by atoms with Crippen molar-refractivity contribution in [3.8, 4) is 0 Å². The van der Waals surface area contributed by atoms with E-state index < -0.39 is 29.7 Å². The molecule has 0 amide bonds. The average Bonchev–Trinajstić information content (AvgIpc) is 2.67. The Morgan fingerprint density at radius 1 is 1.16 bits per heavy atom. The molecule has 1 aromatic carbocycles. The Morgan fingerprint density at radius 3 is 2.40 bits per heavy atom. The predicted molar refractivity (Wildman–Crippen MR) is 88.5 cm³/mol. The molecule has 3 aliphatic rings. The van der Waals surface area contributed by atoms with Crippen LogP contribution in [0.5, 0.6) is 0 Å². The van der Waals surface area contributed by atoms with Crippen molar-refractivity contribution in [2.45, 2.75) is 24.9 Å². The fourth-order valence-corrected chi connectivity index (χ4v) is 3.79. The molecule has 0 aliphatic heterocycles. The van der Waals surface area contributed by atoms with Gasteiger partial charge in [-0.05, 0) is 12.0 Å². The highest BCUT2D eigenvalue weighted by molar-refractivity contribution is 6.03. The van der Waals surface area contributed by atoms with E-state index in [1.165, 1.54) is 21.3 Å². The third-order valence-electron chi connectivity index (χ3n) is 5.02. The van der Waals surface area contributed by atoms with Gasteiger partial charge in [-0.15, -0.1) is 0 Å². The van der Waals surface area contributed by atoms with Crippen LogP contribution in [0.25, 0.3) is 0 Å². The normalized spacial score (nSPS) is 27.1. The first kappa shape index (κ1) is 17.8. The number of benzene rings is 1. The van der Waals surface area contributed by atoms with Crippen molar-refractivity contribution in [1.82, 2.24) is 0 Å². The Bertz CT molecular complexity index is 676. The average molecular weight is 346 g/mol. The first-order chi connectivity index (χ1) is 12.1. The van der Waals surface area contributed by atoms with Gasteiger partial charge >= 0.3 is 5.97 Å². The van der Waals surface area contributed by atoms with Gasteiger partial charge in [-0.1, -0.05) is 36.4 Å². The van der Waals surface area contributed by atoms with Crippen molar-refractivity contribution >= 4 is 11.8 Å². The van der Waals surface area contributed by atoms with Gasteiger partial charge in [0.25, 0.3) is 0 Å². The van der Waals surface area contributed by atoms with Crippen molar-refractivity contribution in [3.05, 3.63) is 47.5 Å². The standard InChI is InChI=1S/C19H22O6/c1-22-18(21)14-9-13-10-15(25-11-12-7-5-4-6-8-12)16(14)17(20)19(13,23-2)24-3/h4-9,13,15-16H,10-11H2,1-3H3/t13-,15+,16+/m0/s1. The number of rotatable bonds is 6. The number of methoxy groups -OCH3 is 3. The highest BCUT2D eigenvalue weighted by Gasteiger charge is 2.61. The number of ketones is 1. The van der Waals surface area contributed by atoms with E-state index in [9.17, 15) is 9.59 Å². The van der Waals surface area contributed by atoms with Gasteiger partial charge in [0.2, 0.25) is 11.6 Å². The lowest BCUT2D eigenvalue weighted by atomic mass is 9.65. The highest BCUT2D eigenvalue weighted by atomic mass is 16.7. The van der Waals surface area contributed by atoms with Crippen molar-refractivity contribution in [2.24, 2.45) is 11.8 Å². The number of hydrogen-bond acceptors (Lipinski definition) is 6. The Morgan fingerprint density at radius 2 is 1.84 bits per heavy atom. The zero-order chi connectivity index (χ0) is 18.0. The lowest BCUT2D eigenvalue weighted by Crippen LogP contribution is -2.62. The molecule has 1 aromatic rings. The Hall–Kier alpha value is -2.02. The Kier molecular flexibility index (Phi) is 5.03. The van der Waals surface area contributed by atoms with Crippen LogP contribution in [0.1, 0.15) is 12.0 Å². The second-order valence-corrected chi connectivity index (χ2v) is 6.21. The largest absolute Gasteiger partial charge is 0.466 e. The molecule has 6 nitrogen and oxygen atoms in total. The molecule has 0 aromatic heterocycles. The predicted octanol–water partition coefficient (Wildman–Crippen LogP) is 1.88. The molecule has 6 heteroatoms. The van der Waals surface area contributed by atoms with E-state index >= 15 is 0 Å². The molecule has 0 spiro atoms. The van der Waals surface area contributed by atoms with Gasteiger partial charge in [0.1, 0.15) is 0 Å². The molecule has 0 heterocycles. The topological polar surface area (TPSA) is 71.1 Å². The summed E-state index contributed by atoms with van der Waals surface area (Å²) in [4.78, 5) is 25.2. The van der Waals surface area contributed by atoms with E-state index in [2.05, 4.69) is 0 Å². The molecule has 0 N–H and O–H groups in total. The molecule has 1 saturated carbocycles. The molecule has 25 heavy (non-hydrogen) atoms. The smallest absolute Gasteiger partial charge is 0.334 e. The van der Waals surface area contributed by atoms with Crippen molar-refractivity contribution in [1.29, 1.82) is 0 Å². The SMILES string of the molecule is COC(=O)C1=C[C@H]2C[C@@H](OCc3ccccc3)[C@@H]1C(=O)C2(OC)OC. The van der Waals surface area contributed by atoms with E-state index in [4.69, 9.17) is 18.9 Å². The summed E-state index contributed by atoms with van der Waals surface area (Å²) in [6, 6.07) is 9.69. The number of ether oxygens (including phenoxy) is 4. The Labute approximate surface area is 146 Å². The number of Topliss-reactive ketones (excluding diaryl/α,β-unsaturated/α-hetero) is 1. The zero-order valence-corrected chi connectivity index (χ0v) is 14.6. The number of hydrogen-bond donors (Lipinski definition) is 0. The van der Waals surface area contributed by atoms with Crippen molar-refractivity contribution in [3.63, 3.8) is 0 Å². The third kappa shape index (κ3) is 2.90. The molecule has 0 unspecified atom stereocenters. The van der Waals surface area contributed by atoms with Crippen LogP contribution >= 0.6 is 0 Å². The first-order valence-corrected chi connectivity index (χ1v) is 8.17.